The monoisotopic (exact) mass is 267 g/mol. The van der Waals surface area contributed by atoms with Gasteiger partial charge in [0.25, 0.3) is 6.43 Å². The number of hydrogen-bond donors (Lipinski definition) is 1. The van der Waals surface area contributed by atoms with Crippen LogP contribution < -0.4 is 15.2 Å². The highest BCUT2D eigenvalue weighted by Gasteiger charge is 2.20. The van der Waals surface area contributed by atoms with Crippen molar-refractivity contribution in [1.82, 2.24) is 0 Å². The Morgan fingerprint density at radius 2 is 1.83 bits per heavy atom. The summed E-state index contributed by atoms with van der Waals surface area (Å²) in [4.78, 5) is 0. The van der Waals surface area contributed by atoms with Gasteiger partial charge < -0.3 is 15.2 Å². The summed E-state index contributed by atoms with van der Waals surface area (Å²) in [7, 11) is 0. The number of benzene rings is 1. The van der Waals surface area contributed by atoms with E-state index in [0.29, 0.717) is 0 Å². The van der Waals surface area contributed by atoms with Gasteiger partial charge in [-0.25, -0.2) is 8.78 Å². The first-order valence-corrected chi connectivity index (χ1v) is 5.21. The Morgan fingerprint density at radius 3 is 2.33 bits per heavy atom. The van der Waals surface area contributed by atoms with Crippen LogP contribution in [-0.4, -0.2) is 19.6 Å². The van der Waals surface area contributed by atoms with E-state index in [9.17, 15) is 17.6 Å². The normalized spacial score (nSPS) is 12.9. The first kappa shape index (κ1) is 14.6. The minimum absolute atomic E-state index is 0.0357. The molecule has 7 heteroatoms. The second-order valence-corrected chi connectivity index (χ2v) is 3.38. The summed E-state index contributed by atoms with van der Waals surface area (Å²) in [6, 6.07) is 2.02. The van der Waals surface area contributed by atoms with E-state index in [1.807, 2.05) is 0 Å². The van der Waals surface area contributed by atoms with Crippen LogP contribution in [0.4, 0.5) is 17.6 Å². The smallest absolute Gasteiger partial charge is 0.387 e. The summed E-state index contributed by atoms with van der Waals surface area (Å²) in [5, 5.41) is 0. The molecule has 0 saturated carbocycles. The third kappa shape index (κ3) is 3.76. The van der Waals surface area contributed by atoms with E-state index in [0.717, 1.165) is 6.07 Å². The Morgan fingerprint density at radius 1 is 1.17 bits per heavy atom. The molecule has 0 aliphatic carbocycles. The Hall–Kier alpha value is -1.50. The molecular weight excluding hydrogens is 254 g/mol. The second-order valence-electron chi connectivity index (χ2n) is 3.38. The fourth-order valence-electron chi connectivity index (χ4n) is 1.34. The van der Waals surface area contributed by atoms with Crippen LogP contribution in [0.5, 0.6) is 11.5 Å². The SMILES string of the molecule is CCOc1cc(C(N)C(F)F)ccc1OC(F)F. The van der Waals surface area contributed by atoms with Crippen molar-refractivity contribution in [2.75, 3.05) is 6.61 Å². The lowest BCUT2D eigenvalue weighted by molar-refractivity contribution is -0.0514. The minimum Gasteiger partial charge on any atom is -0.490 e. The van der Waals surface area contributed by atoms with Crippen molar-refractivity contribution in [2.45, 2.75) is 26.0 Å². The van der Waals surface area contributed by atoms with Gasteiger partial charge in [-0.15, -0.1) is 0 Å². The predicted molar refractivity (Wildman–Crippen MR) is 57.2 cm³/mol. The van der Waals surface area contributed by atoms with Crippen molar-refractivity contribution in [2.24, 2.45) is 5.73 Å². The lowest BCUT2D eigenvalue weighted by Crippen LogP contribution is -2.19. The Labute approximate surface area is 101 Å². The van der Waals surface area contributed by atoms with Crippen molar-refractivity contribution >= 4 is 0 Å². The molecule has 0 amide bonds. The van der Waals surface area contributed by atoms with Gasteiger partial charge in [-0.1, -0.05) is 6.07 Å². The standard InChI is InChI=1S/C11H13F4NO2/c1-2-17-8-5-6(9(16)10(12)13)3-4-7(8)18-11(14)15/h3-5,9-11H,2,16H2,1H3. The van der Waals surface area contributed by atoms with Gasteiger partial charge in [-0.2, -0.15) is 8.78 Å². The molecule has 1 unspecified atom stereocenters. The average Bonchev–Trinajstić information content (AvgIpc) is 2.30. The van der Waals surface area contributed by atoms with Crippen LogP contribution in [0, 0.1) is 0 Å². The molecule has 1 atom stereocenters. The fourth-order valence-corrected chi connectivity index (χ4v) is 1.34. The zero-order valence-corrected chi connectivity index (χ0v) is 9.58. The van der Waals surface area contributed by atoms with Crippen molar-refractivity contribution in [3.63, 3.8) is 0 Å². The summed E-state index contributed by atoms with van der Waals surface area (Å²) >= 11 is 0. The summed E-state index contributed by atoms with van der Waals surface area (Å²) in [6.45, 7) is -1.20. The summed E-state index contributed by atoms with van der Waals surface area (Å²) in [5.74, 6) is -0.247. The molecule has 0 bridgehead atoms. The molecule has 102 valence electrons. The zero-order valence-electron chi connectivity index (χ0n) is 9.58. The van der Waals surface area contributed by atoms with Gasteiger partial charge in [0.05, 0.1) is 12.6 Å². The van der Waals surface area contributed by atoms with Crippen LogP contribution in [0.15, 0.2) is 18.2 Å². The molecule has 0 spiro atoms. The number of alkyl halides is 4. The first-order valence-electron chi connectivity index (χ1n) is 5.21. The number of nitrogens with two attached hydrogens (primary N) is 1. The summed E-state index contributed by atoms with van der Waals surface area (Å²) in [6.07, 6.45) is -2.75. The molecule has 0 saturated heterocycles. The van der Waals surface area contributed by atoms with E-state index in [4.69, 9.17) is 10.5 Å². The van der Waals surface area contributed by atoms with Crippen molar-refractivity contribution < 1.29 is 27.0 Å². The van der Waals surface area contributed by atoms with Gasteiger partial charge in [0.2, 0.25) is 0 Å². The molecule has 1 aromatic rings. The molecule has 0 fully saturated rings. The number of ether oxygens (including phenoxy) is 2. The number of halogens is 4. The number of rotatable bonds is 6. The van der Waals surface area contributed by atoms with Crippen LogP contribution in [0.1, 0.15) is 18.5 Å². The largest absolute Gasteiger partial charge is 0.490 e. The van der Waals surface area contributed by atoms with E-state index in [1.54, 1.807) is 6.92 Å². The first-order chi connectivity index (χ1) is 8.45. The predicted octanol–water partition coefficient (Wildman–Crippen LogP) is 2.95. The maximum Gasteiger partial charge on any atom is 0.387 e. The van der Waals surface area contributed by atoms with E-state index >= 15 is 0 Å². The van der Waals surface area contributed by atoms with Crippen molar-refractivity contribution in [3.8, 4) is 11.5 Å². The minimum atomic E-state index is -3.01. The molecule has 0 aromatic heterocycles. The molecule has 2 N–H and O–H groups in total. The third-order valence-electron chi connectivity index (χ3n) is 2.14. The molecular formula is C11H13F4NO2. The van der Waals surface area contributed by atoms with Crippen LogP contribution >= 0.6 is 0 Å². The third-order valence-corrected chi connectivity index (χ3v) is 2.14. The van der Waals surface area contributed by atoms with Gasteiger partial charge in [0.1, 0.15) is 0 Å². The topological polar surface area (TPSA) is 44.5 Å². The lowest BCUT2D eigenvalue weighted by Gasteiger charge is -2.15. The maximum atomic E-state index is 12.4. The molecule has 0 heterocycles. The van der Waals surface area contributed by atoms with E-state index in [2.05, 4.69) is 4.74 Å². The Kier molecular flexibility index (Phi) is 5.21. The van der Waals surface area contributed by atoms with Gasteiger partial charge in [-0.05, 0) is 24.6 Å². The van der Waals surface area contributed by atoms with Crippen LogP contribution in [-0.2, 0) is 0 Å². The molecule has 0 radical (unpaired) electrons. The highest BCUT2D eigenvalue weighted by molar-refractivity contribution is 5.44. The van der Waals surface area contributed by atoms with Gasteiger partial charge in [0, 0.05) is 0 Å². The highest BCUT2D eigenvalue weighted by Crippen LogP contribution is 2.32. The van der Waals surface area contributed by atoms with Gasteiger partial charge in [-0.3, -0.25) is 0 Å². The van der Waals surface area contributed by atoms with Crippen molar-refractivity contribution in [1.29, 1.82) is 0 Å². The summed E-state index contributed by atoms with van der Waals surface area (Å²) in [5.41, 5.74) is 5.35. The molecule has 3 nitrogen and oxygen atoms in total. The Bertz CT molecular complexity index is 387. The molecule has 1 rings (SSSR count). The van der Waals surface area contributed by atoms with Crippen LogP contribution in [0.25, 0.3) is 0 Å². The van der Waals surface area contributed by atoms with Crippen LogP contribution in [0.3, 0.4) is 0 Å². The number of hydrogen-bond acceptors (Lipinski definition) is 3. The summed E-state index contributed by atoms with van der Waals surface area (Å²) < 4.78 is 58.3. The van der Waals surface area contributed by atoms with E-state index in [-0.39, 0.29) is 23.7 Å². The second kappa shape index (κ2) is 6.44. The molecule has 1 aromatic carbocycles. The Balaban J connectivity index is 3.02. The molecule has 18 heavy (non-hydrogen) atoms. The fraction of sp³-hybridized carbons (Fsp3) is 0.455. The van der Waals surface area contributed by atoms with Crippen LogP contribution in [0.2, 0.25) is 0 Å². The lowest BCUT2D eigenvalue weighted by atomic mass is 10.1. The zero-order chi connectivity index (χ0) is 13.7. The average molecular weight is 267 g/mol. The van der Waals surface area contributed by atoms with Crippen molar-refractivity contribution in [3.05, 3.63) is 23.8 Å². The maximum absolute atomic E-state index is 12.4. The van der Waals surface area contributed by atoms with E-state index < -0.39 is 19.1 Å². The highest BCUT2D eigenvalue weighted by atomic mass is 19.3. The molecule has 0 aliphatic heterocycles. The van der Waals surface area contributed by atoms with Gasteiger partial charge in [0.15, 0.2) is 11.5 Å². The van der Waals surface area contributed by atoms with E-state index in [1.165, 1.54) is 12.1 Å². The molecule has 0 aliphatic rings. The van der Waals surface area contributed by atoms with Gasteiger partial charge >= 0.3 is 6.61 Å². The quantitative estimate of drug-likeness (QED) is 0.806.